The van der Waals surface area contributed by atoms with Gasteiger partial charge in [-0.15, -0.1) is 0 Å². The number of hydrogen-bond acceptors (Lipinski definition) is 5. The van der Waals surface area contributed by atoms with Crippen LogP contribution < -0.4 is 10.1 Å². The quantitative estimate of drug-likeness (QED) is 0.441. The third kappa shape index (κ3) is 3.95. The first-order valence-electron chi connectivity index (χ1n) is 7.30. The molecule has 0 saturated heterocycles. The maximum absolute atomic E-state index is 12.7. The molecule has 0 aromatic heterocycles. The van der Waals surface area contributed by atoms with Crippen LogP contribution in [-0.4, -0.2) is 49.6 Å². The number of nitrogens with zero attached hydrogens (tertiary/aromatic N) is 1. The number of rotatable bonds is 5. The van der Waals surface area contributed by atoms with E-state index in [0.717, 1.165) is 18.4 Å². The van der Waals surface area contributed by atoms with E-state index in [4.69, 9.17) is 22.3 Å². The number of ether oxygens (including phenoxy) is 2. The summed E-state index contributed by atoms with van der Waals surface area (Å²) in [5.41, 5.74) is 0.818. The Morgan fingerprint density at radius 3 is 2.25 bits per heavy atom. The fraction of sp³-hybridized carbons (Fsp3) is 0.500. The van der Waals surface area contributed by atoms with Gasteiger partial charge < -0.3 is 31.5 Å². The summed E-state index contributed by atoms with van der Waals surface area (Å²) in [6, 6.07) is 3.32. The number of amides is 1. The van der Waals surface area contributed by atoms with Gasteiger partial charge in [-0.3, -0.25) is 4.79 Å². The van der Waals surface area contributed by atoms with Crippen LogP contribution in [-0.2, 0) is 55.1 Å². The van der Waals surface area contributed by atoms with E-state index < -0.39 is 11.5 Å². The van der Waals surface area contributed by atoms with Gasteiger partial charge in [-0.05, 0) is 24.6 Å². The SMILES string of the molecule is COC(=O)c1cc(OC)cc(C)c1NC(=O)C1([N+](C)(C)[S-])CC1.[Y]. The number of esters is 1. The van der Waals surface area contributed by atoms with Crippen molar-refractivity contribution in [3.05, 3.63) is 23.3 Å². The van der Waals surface area contributed by atoms with E-state index in [1.54, 1.807) is 19.1 Å². The molecule has 1 saturated carbocycles. The maximum Gasteiger partial charge on any atom is 0.340 e. The number of nitrogens with one attached hydrogen (secondary N) is 1. The summed E-state index contributed by atoms with van der Waals surface area (Å²) in [5.74, 6) is -0.170. The number of aryl methyl sites for hydroxylation is 1. The second-order valence-electron chi connectivity index (χ2n) is 6.20. The van der Waals surface area contributed by atoms with Crippen LogP contribution in [0.25, 0.3) is 0 Å². The minimum absolute atomic E-state index is 0. The first kappa shape index (κ1) is 21.4. The summed E-state index contributed by atoms with van der Waals surface area (Å²) in [4.78, 5) is 24.8. The topological polar surface area (TPSA) is 64.6 Å². The minimum atomic E-state index is -0.616. The van der Waals surface area contributed by atoms with E-state index >= 15 is 0 Å². The van der Waals surface area contributed by atoms with E-state index in [-0.39, 0.29) is 48.1 Å². The number of hydrogen-bond donors (Lipinski definition) is 1. The van der Waals surface area contributed by atoms with E-state index in [0.29, 0.717) is 11.4 Å². The molecule has 8 heteroatoms. The Morgan fingerprint density at radius 1 is 1.25 bits per heavy atom. The molecule has 1 aromatic rings. The van der Waals surface area contributed by atoms with Crippen molar-refractivity contribution in [2.24, 2.45) is 0 Å². The molecule has 1 amide bonds. The van der Waals surface area contributed by atoms with Gasteiger partial charge in [0.05, 0.1) is 39.6 Å². The Morgan fingerprint density at radius 2 is 1.83 bits per heavy atom. The molecular formula is C16H22N2O4SY. The van der Waals surface area contributed by atoms with Crippen LogP contribution in [0.15, 0.2) is 12.1 Å². The van der Waals surface area contributed by atoms with Crippen molar-refractivity contribution in [3.8, 4) is 5.75 Å². The van der Waals surface area contributed by atoms with E-state index in [1.165, 1.54) is 14.2 Å². The third-order valence-corrected chi connectivity index (χ3v) is 4.72. The van der Waals surface area contributed by atoms with Gasteiger partial charge in [-0.1, -0.05) is 0 Å². The predicted molar refractivity (Wildman–Crippen MR) is 89.1 cm³/mol. The number of carbonyl (C=O) groups excluding carboxylic acids is 2. The average molecular weight is 427 g/mol. The monoisotopic (exact) mass is 427 g/mol. The van der Waals surface area contributed by atoms with Crippen molar-refractivity contribution in [1.29, 1.82) is 0 Å². The first-order chi connectivity index (χ1) is 10.7. The molecule has 0 spiro atoms. The van der Waals surface area contributed by atoms with Crippen LogP contribution >= 0.6 is 0 Å². The average Bonchev–Trinajstić information content (AvgIpc) is 3.29. The first-order valence-corrected chi connectivity index (χ1v) is 7.66. The molecule has 129 valence electrons. The molecule has 6 nitrogen and oxygen atoms in total. The number of quaternary nitrogens is 1. The van der Waals surface area contributed by atoms with Gasteiger partial charge in [0.15, 0.2) is 5.54 Å². The smallest absolute Gasteiger partial charge is 0.340 e. The number of methoxy groups -OCH3 is 2. The Hall–Kier alpha value is -0.626. The number of likely N-dealkylation sites (N-methyl/N-ethyl adjacent to an activating group) is 1. The summed E-state index contributed by atoms with van der Waals surface area (Å²) < 4.78 is 10.1. The van der Waals surface area contributed by atoms with Crippen molar-refractivity contribution >= 4 is 30.4 Å². The van der Waals surface area contributed by atoms with E-state index in [2.05, 4.69) is 5.32 Å². The molecule has 0 atom stereocenters. The fourth-order valence-electron chi connectivity index (χ4n) is 2.67. The van der Waals surface area contributed by atoms with Gasteiger partial charge in [-0.2, -0.15) is 0 Å². The van der Waals surface area contributed by atoms with Crippen molar-refractivity contribution in [2.45, 2.75) is 25.3 Å². The zero-order valence-electron chi connectivity index (χ0n) is 14.6. The number of benzene rings is 1. The van der Waals surface area contributed by atoms with Gasteiger partial charge in [0, 0.05) is 45.6 Å². The van der Waals surface area contributed by atoms with Crippen LogP contribution in [0, 0.1) is 6.92 Å². The minimum Gasteiger partial charge on any atom is -0.497 e. The molecule has 0 aliphatic heterocycles. The molecule has 0 bridgehead atoms. The zero-order chi connectivity index (χ0) is 17.4. The molecule has 0 heterocycles. The van der Waals surface area contributed by atoms with Crippen LogP contribution in [0.2, 0.25) is 0 Å². The summed E-state index contributed by atoms with van der Waals surface area (Å²) in [6.07, 6.45) is 1.47. The Balaban J connectivity index is 0.00000288. The molecule has 1 radical (unpaired) electrons. The molecule has 1 N–H and O–H groups in total. The summed E-state index contributed by atoms with van der Waals surface area (Å²) in [5, 5.41) is 2.88. The van der Waals surface area contributed by atoms with Gasteiger partial charge >= 0.3 is 5.97 Å². The summed E-state index contributed by atoms with van der Waals surface area (Å²) >= 11 is 5.42. The standard InChI is InChI=1S/C16H22N2O4S.Y/c1-10-8-11(21-4)9-12(14(19)22-5)13(10)17-15(20)16(6-7-16)18(2,3)23;/h8-9H,6-7H2,1-5H3,(H,17,20);. The Kier molecular flexibility index (Phi) is 6.89. The number of anilines is 1. The molecule has 0 unspecified atom stereocenters. The fourth-order valence-corrected chi connectivity index (χ4v) is 2.93. The van der Waals surface area contributed by atoms with E-state index in [1.807, 2.05) is 14.1 Å². The largest absolute Gasteiger partial charge is 0.497 e. The summed E-state index contributed by atoms with van der Waals surface area (Å²) in [6.45, 7) is 1.80. The van der Waals surface area contributed by atoms with Crippen molar-refractivity contribution in [1.82, 2.24) is 0 Å². The molecule has 1 aliphatic rings. The van der Waals surface area contributed by atoms with E-state index in [9.17, 15) is 9.59 Å². The second-order valence-corrected chi connectivity index (χ2v) is 7.11. The van der Waals surface area contributed by atoms with Crippen molar-refractivity contribution in [3.63, 3.8) is 0 Å². The van der Waals surface area contributed by atoms with Gasteiger partial charge in [0.25, 0.3) is 5.91 Å². The maximum atomic E-state index is 12.7. The predicted octanol–water partition coefficient (Wildman–Crippen LogP) is 1.80. The molecule has 2 rings (SSSR count). The molecule has 24 heavy (non-hydrogen) atoms. The van der Waals surface area contributed by atoms with Gasteiger partial charge in [0.1, 0.15) is 5.75 Å². The van der Waals surface area contributed by atoms with Crippen LogP contribution in [0.1, 0.15) is 28.8 Å². The number of carbonyl (C=O) groups is 2. The van der Waals surface area contributed by atoms with Gasteiger partial charge in [-0.25, -0.2) is 4.79 Å². The van der Waals surface area contributed by atoms with Crippen molar-refractivity contribution < 1.29 is 55.7 Å². The molecule has 1 aromatic carbocycles. The van der Waals surface area contributed by atoms with Crippen LogP contribution in [0.5, 0.6) is 5.75 Å². The Bertz CT molecular complexity index is 654. The van der Waals surface area contributed by atoms with Crippen LogP contribution in [0.3, 0.4) is 0 Å². The van der Waals surface area contributed by atoms with Gasteiger partial charge in [0.2, 0.25) is 0 Å². The van der Waals surface area contributed by atoms with Crippen LogP contribution in [0.4, 0.5) is 5.69 Å². The van der Waals surface area contributed by atoms with Crippen molar-refractivity contribution in [2.75, 3.05) is 33.6 Å². The second kappa shape index (κ2) is 7.73. The molecular weight excluding hydrogens is 405 g/mol. The summed E-state index contributed by atoms with van der Waals surface area (Å²) in [7, 11) is 6.47. The molecule has 1 aliphatic carbocycles. The zero-order valence-corrected chi connectivity index (χ0v) is 18.3. The Labute approximate surface area is 173 Å². The molecule has 1 fully saturated rings. The third-order valence-electron chi connectivity index (χ3n) is 4.37. The normalized spacial score (nSPS) is 15.1.